The molecule has 0 N–H and O–H groups in total. The highest BCUT2D eigenvalue weighted by Gasteiger charge is 2.46. The van der Waals surface area contributed by atoms with Gasteiger partial charge in [-0.3, -0.25) is 14.4 Å². The first kappa shape index (κ1) is 17.4. The van der Waals surface area contributed by atoms with Crippen molar-refractivity contribution >= 4 is 17.9 Å². The van der Waals surface area contributed by atoms with Gasteiger partial charge in [0.05, 0.1) is 13.2 Å². The lowest BCUT2D eigenvalue weighted by molar-refractivity contribution is -0.230. The third-order valence-corrected chi connectivity index (χ3v) is 2.78. The molecule has 0 aromatic carbocycles. The molecule has 0 saturated carbocycles. The molecule has 21 heavy (non-hydrogen) atoms. The number of carbonyl (C=O) groups is 3. The summed E-state index contributed by atoms with van der Waals surface area (Å²) < 4.78 is 25.9. The van der Waals surface area contributed by atoms with Gasteiger partial charge in [-0.1, -0.05) is 0 Å². The fourth-order valence-electron chi connectivity index (χ4n) is 2.12. The maximum atomic E-state index is 11.3. The Labute approximate surface area is 122 Å². The first-order chi connectivity index (χ1) is 9.85. The molecule has 8 heteroatoms. The van der Waals surface area contributed by atoms with E-state index in [0.717, 1.165) is 0 Å². The summed E-state index contributed by atoms with van der Waals surface area (Å²) in [5, 5.41) is 0. The number of methoxy groups -OCH3 is 1. The molecular formula is C13H20O8. The summed E-state index contributed by atoms with van der Waals surface area (Å²) in [6.45, 7) is 3.83. The molecule has 4 unspecified atom stereocenters. The smallest absolute Gasteiger partial charge is 0.303 e. The van der Waals surface area contributed by atoms with Crippen LogP contribution in [-0.2, 0) is 38.1 Å². The van der Waals surface area contributed by atoms with Crippen LogP contribution in [0.1, 0.15) is 20.8 Å². The zero-order chi connectivity index (χ0) is 16.0. The van der Waals surface area contributed by atoms with Crippen molar-refractivity contribution in [2.45, 2.75) is 45.2 Å². The van der Waals surface area contributed by atoms with E-state index in [1.54, 1.807) is 0 Å². The normalized spacial score (nSPS) is 28.6. The summed E-state index contributed by atoms with van der Waals surface area (Å²) in [5.74, 6) is -1.69. The zero-order valence-electron chi connectivity index (χ0n) is 12.5. The number of ether oxygens (including phenoxy) is 5. The summed E-state index contributed by atoms with van der Waals surface area (Å²) in [6.07, 6.45) is -3.31. The Bertz CT molecular complexity index is 394. The van der Waals surface area contributed by atoms with E-state index in [2.05, 4.69) is 0 Å². The van der Waals surface area contributed by atoms with Crippen LogP contribution in [-0.4, -0.2) is 62.6 Å². The summed E-state index contributed by atoms with van der Waals surface area (Å²) in [6, 6.07) is 0. The van der Waals surface area contributed by atoms with Gasteiger partial charge in [0.25, 0.3) is 0 Å². The van der Waals surface area contributed by atoms with Crippen molar-refractivity contribution in [1.29, 1.82) is 0 Å². The van der Waals surface area contributed by atoms with E-state index in [1.807, 2.05) is 0 Å². The number of hydrogen-bond donors (Lipinski definition) is 0. The van der Waals surface area contributed by atoms with Gasteiger partial charge in [-0.25, -0.2) is 0 Å². The van der Waals surface area contributed by atoms with Crippen LogP contribution in [0.25, 0.3) is 0 Å². The molecule has 0 bridgehead atoms. The number of carbonyl (C=O) groups excluding carboxylic acids is 3. The van der Waals surface area contributed by atoms with Crippen LogP contribution in [0.15, 0.2) is 0 Å². The minimum atomic E-state index is -0.941. The molecule has 0 aromatic rings. The first-order valence-corrected chi connectivity index (χ1v) is 6.47. The second-order valence-electron chi connectivity index (χ2n) is 4.62. The van der Waals surface area contributed by atoms with Crippen LogP contribution in [0.3, 0.4) is 0 Å². The third-order valence-electron chi connectivity index (χ3n) is 2.78. The van der Waals surface area contributed by atoms with Crippen molar-refractivity contribution < 1.29 is 38.1 Å². The Kier molecular flexibility index (Phi) is 6.57. The highest BCUT2D eigenvalue weighted by molar-refractivity contribution is 5.68. The van der Waals surface area contributed by atoms with Crippen LogP contribution in [0.4, 0.5) is 0 Å². The van der Waals surface area contributed by atoms with Crippen LogP contribution in [0.5, 0.6) is 0 Å². The highest BCUT2D eigenvalue weighted by Crippen LogP contribution is 2.24. The van der Waals surface area contributed by atoms with E-state index < -0.39 is 42.3 Å². The van der Waals surface area contributed by atoms with Gasteiger partial charge >= 0.3 is 17.9 Å². The molecule has 1 aliphatic heterocycles. The van der Waals surface area contributed by atoms with Crippen LogP contribution in [0, 0.1) is 0 Å². The second-order valence-corrected chi connectivity index (χ2v) is 4.62. The van der Waals surface area contributed by atoms with E-state index in [1.165, 1.54) is 27.9 Å². The van der Waals surface area contributed by atoms with Crippen molar-refractivity contribution in [2.24, 2.45) is 0 Å². The fourth-order valence-corrected chi connectivity index (χ4v) is 2.12. The summed E-state index contributed by atoms with van der Waals surface area (Å²) in [7, 11) is 1.47. The fraction of sp³-hybridized carbons (Fsp3) is 0.769. The molecule has 0 aliphatic carbocycles. The van der Waals surface area contributed by atoms with E-state index in [9.17, 15) is 14.4 Å². The maximum absolute atomic E-state index is 11.3. The minimum Gasteiger partial charge on any atom is -0.456 e. The lowest BCUT2D eigenvalue weighted by Gasteiger charge is -2.40. The Morgan fingerprint density at radius 3 is 1.95 bits per heavy atom. The Hall–Kier alpha value is -1.67. The van der Waals surface area contributed by atoms with Gasteiger partial charge in [0, 0.05) is 27.9 Å². The van der Waals surface area contributed by atoms with E-state index in [-0.39, 0.29) is 13.2 Å². The lowest BCUT2D eigenvalue weighted by Crippen LogP contribution is -2.58. The molecule has 0 spiro atoms. The van der Waals surface area contributed by atoms with E-state index in [4.69, 9.17) is 23.7 Å². The monoisotopic (exact) mass is 304 g/mol. The third kappa shape index (κ3) is 5.31. The maximum Gasteiger partial charge on any atom is 0.303 e. The van der Waals surface area contributed by atoms with Gasteiger partial charge in [-0.05, 0) is 0 Å². The minimum absolute atomic E-state index is 0.0172. The topological polar surface area (TPSA) is 97.4 Å². The molecule has 1 rings (SSSR count). The second kappa shape index (κ2) is 7.94. The summed E-state index contributed by atoms with van der Waals surface area (Å²) in [4.78, 5) is 33.6. The van der Waals surface area contributed by atoms with Crippen molar-refractivity contribution in [2.75, 3.05) is 20.3 Å². The quantitative estimate of drug-likeness (QED) is 0.510. The lowest BCUT2D eigenvalue weighted by atomic mass is 9.99. The van der Waals surface area contributed by atoms with Gasteiger partial charge in [-0.15, -0.1) is 0 Å². The standard InChI is InChI=1S/C13H20O8/c1-7(14)19-11-6-18-10(5-17-4)12(20-8(2)15)13(11)21-9(3)16/h10-13H,5-6H2,1-4H3. The Balaban J connectivity index is 2.97. The van der Waals surface area contributed by atoms with Crippen molar-refractivity contribution in [3.8, 4) is 0 Å². The molecule has 120 valence electrons. The molecular weight excluding hydrogens is 284 g/mol. The number of hydrogen-bond acceptors (Lipinski definition) is 8. The molecule has 1 fully saturated rings. The average Bonchev–Trinajstić information content (AvgIpc) is 2.35. The predicted molar refractivity (Wildman–Crippen MR) is 68.3 cm³/mol. The molecule has 0 radical (unpaired) electrons. The van der Waals surface area contributed by atoms with Crippen LogP contribution >= 0.6 is 0 Å². The summed E-state index contributed by atoms with van der Waals surface area (Å²) >= 11 is 0. The van der Waals surface area contributed by atoms with E-state index >= 15 is 0 Å². The predicted octanol–water partition coefficient (Wildman–Crippen LogP) is -0.173. The molecule has 0 amide bonds. The van der Waals surface area contributed by atoms with Gasteiger partial charge < -0.3 is 23.7 Å². The Morgan fingerprint density at radius 1 is 0.952 bits per heavy atom. The zero-order valence-corrected chi connectivity index (χ0v) is 12.5. The molecule has 1 heterocycles. The highest BCUT2D eigenvalue weighted by atomic mass is 16.6. The molecule has 4 atom stereocenters. The number of rotatable bonds is 5. The summed E-state index contributed by atoms with van der Waals surface area (Å²) in [5.41, 5.74) is 0. The van der Waals surface area contributed by atoms with Crippen molar-refractivity contribution in [3.63, 3.8) is 0 Å². The van der Waals surface area contributed by atoms with E-state index in [0.29, 0.717) is 0 Å². The SMILES string of the molecule is COCC1OCC(OC(C)=O)C(OC(C)=O)C1OC(C)=O. The van der Waals surface area contributed by atoms with Gasteiger partial charge in [0.2, 0.25) is 0 Å². The van der Waals surface area contributed by atoms with Crippen molar-refractivity contribution in [3.05, 3.63) is 0 Å². The van der Waals surface area contributed by atoms with Crippen LogP contribution < -0.4 is 0 Å². The molecule has 8 nitrogen and oxygen atoms in total. The molecule has 1 saturated heterocycles. The molecule has 1 aliphatic rings. The largest absolute Gasteiger partial charge is 0.456 e. The first-order valence-electron chi connectivity index (χ1n) is 6.47. The van der Waals surface area contributed by atoms with Gasteiger partial charge in [0.15, 0.2) is 18.3 Å². The molecule has 0 aromatic heterocycles. The van der Waals surface area contributed by atoms with Gasteiger partial charge in [0.1, 0.15) is 6.10 Å². The average molecular weight is 304 g/mol. The number of esters is 3. The van der Waals surface area contributed by atoms with Gasteiger partial charge in [-0.2, -0.15) is 0 Å². The van der Waals surface area contributed by atoms with Crippen LogP contribution in [0.2, 0.25) is 0 Å². The van der Waals surface area contributed by atoms with Crippen molar-refractivity contribution in [1.82, 2.24) is 0 Å². The Morgan fingerprint density at radius 2 is 1.48 bits per heavy atom.